The molecular formula is C15H18N2O5S2. The van der Waals surface area contributed by atoms with Gasteiger partial charge in [-0.25, -0.2) is 8.42 Å². The molecule has 1 heterocycles. The molecule has 9 heteroatoms. The van der Waals surface area contributed by atoms with E-state index < -0.39 is 15.7 Å². The lowest BCUT2D eigenvalue weighted by molar-refractivity contribution is -0.116. The Kier molecular flexibility index (Phi) is 5.45. The molecule has 0 unspecified atom stereocenters. The van der Waals surface area contributed by atoms with Crippen LogP contribution in [-0.4, -0.2) is 29.8 Å². The number of thiazole rings is 1. The molecule has 130 valence electrons. The SMILES string of the molecule is CCS(=O)(=O)c1ccc(O)c(NC(=O)CCn2c(C)csc2=O)c1. The maximum absolute atomic E-state index is 12.0. The molecule has 0 fully saturated rings. The molecule has 2 aromatic rings. The number of phenolic OH excluding ortho intramolecular Hbond substituents is 1. The van der Waals surface area contributed by atoms with E-state index in [1.54, 1.807) is 12.3 Å². The summed E-state index contributed by atoms with van der Waals surface area (Å²) in [7, 11) is -3.44. The molecular weight excluding hydrogens is 352 g/mol. The van der Waals surface area contributed by atoms with Crippen molar-refractivity contribution in [3.05, 3.63) is 38.9 Å². The standard InChI is InChI=1S/C15H18N2O5S2/c1-3-24(21,22)11-4-5-13(18)12(8-11)16-14(19)6-7-17-10(2)9-23-15(17)20/h4-5,8-9,18H,3,6-7H2,1-2H3,(H,16,19). The lowest BCUT2D eigenvalue weighted by atomic mass is 10.2. The number of hydrogen-bond donors (Lipinski definition) is 2. The normalized spacial score (nSPS) is 11.4. The minimum atomic E-state index is -3.44. The highest BCUT2D eigenvalue weighted by Crippen LogP contribution is 2.27. The van der Waals surface area contributed by atoms with E-state index >= 15 is 0 Å². The first-order valence-electron chi connectivity index (χ1n) is 7.25. The lowest BCUT2D eigenvalue weighted by Crippen LogP contribution is -2.20. The number of sulfone groups is 1. The third kappa shape index (κ3) is 4.04. The number of carbonyl (C=O) groups excluding carboxylic acids is 1. The zero-order valence-electron chi connectivity index (χ0n) is 13.3. The van der Waals surface area contributed by atoms with Crippen LogP contribution in [0.4, 0.5) is 5.69 Å². The average Bonchev–Trinajstić information content (AvgIpc) is 2.86. The number of phenols is 1. The number of aryl methyl sites for hydroxylation is 1. The van der Waals surface area contributed by atoms with Crippen LogP contribution in [0.3, 0.4) is 0 Å². The Morgan fingerprint density at radius 2 is 2.08 bits per heavy atom. The van der Waals surface area contributed by atoms with Gasteiger partial charge >= 0.3 is 4.87 Å². The second-order valence-electron chi connectivity index (χ2n) is 5.18. The molecule has 1 amide bonds. The minimum Gasteiger partial charge on any atom is -0.506 e. The molecule has 0 aliphatic rings. The van der Waals surface area contributed by atoms with Crippen molar-refractivity contribution in [3.63, 3.8) is 0 Å². The first kappa shape index (κ1) is 18.2. The van der Waals surface area contributed by atoms with Crippen molar-refractivity contribution >= 4 is 32.8 Å². The fourth-order valence-corrected chi connectivity index (χ4v) is 3.74. The number of anilines is 1. The lowest BCUT2D eigenvalue weighted by Gasteiger charge is -2.10. The molecule has 0 spiro atoms. The molecule has 1 aromatic heterocycles. The molecule has 0 bridgehead atoms. The number of aromatic hydroxyl groups is 1. The van der Waals surface area contributed by atoms with Crippen LogP contribution >= 0.6 is 11.3 Å². The molecule has 0 saturated carbocycles. The Morgan fingerprint density at radius 1 is 1.38 bits per heavy atom. The van der Waals surface area contributed by atoms with Gasteiger partial charge in [-0.1, -0.05) is 18.3 Å². The van der Waals surface area contributed by atoms with E-state index in [0.29, 0.717) is 0 Å². The van der Waals surface area contributed by atoms with Gasteiger partial charge in [-0.3, -0.25) is 9.59 Å². The summed E-state index contributed by atoms with van der Waals surface area (Å²) in [5.41, 5.74) is 0.806. The van der Waals surface area contributed by atoms with Gasteiger partial charge in [-0.15, -0.1) is 0 Å². The van der Waals surface area contributed by atoms with E-state index in [0.717, 1.165) is 17.0 Å². The van der Waals surface area contributed by atoms with Crippen molar-refractivity contribution in [1.82, 2.24) is 4.57 Å². The topological polar surface area (TPSA) is 105 Å². The molecule has 2 N–H and O–H groups in total. The molecule has 0 aliphatic heterocycles. The van der Waals surface area contributed by atoms with E-state index in [4.69, 9.17) is 0 Å². The Hall–Kier alpha value is -2.13. The molecule has 1 aromatic carbocycles. The number of carbonyl (C=O) groups is 1. The summed E-state index contributed by atoms with van der Waals surface area (Å²) >= 11 is 1.07. The summed E-state index contributed by atoms with van der Waals surface area (Å²) in [6.07, 6.45) is 0.0294. The molecule has 0 radical (unpaired) electrons. The van der Waals surface area contributed by atoms with Crippen molar-refractivity contribution in [2.75, 3.05) is 11.1 Å². The summed E-state index contributed by atoms with van der Waals surface area (Å²) in [6.45, 7) is 3.51. The molecule has 2 rings (SSSR count). The van der Waals surface area contributed by atoms with Crippen molar-refractivity contribution in [3.8, 4) is 5.75 Å². The van der Waals surface area contributed by atoms with Crippen LogP contribution in [0.25, 0.3) is 0 Å². The Morgan fingerprint density at radius 3 is 2.67 bits per heavy atom. The number of benzene rings is 1. The van der Waals surface area contributed by atoms with Gasteiger partial charge in [0.1, 0.15) is 5.75 Å². The zero-order valence-corrected chi connectivity index (χ0v) is 14.9. The summed E-state index contributed by atoms with van der Waals surface area (Å²) in [5.74, 6) is -0.720. The number of hydrogen-bond acceptors (Lipinski definition) is 6. The number of rotatable bonds is 6. The number of aromatic nitrogens is 1. The molecule has 24 heavy (non-hydrogen) atoms. The van der Waals surface area contributed by atoms with E-state index in [2.05, 4.69) is 5.32 Å². The Balaban J connectivity index is 2.11. The predicted octanol–water partition coefficient (Wildman–Crippen LogP) is 1.75. The van der Waals surface area contributed by atoms with Crippen LogP contribution in [0.15, 0.2) is 33.3 Å². The van der Waals surface area contributed by atoms with Gasteiger partial charge in [0.05, 0.1) is 16.3 Å². The van der Waals surface area contributed by atoms with Crippen LogP contribution in [0.5, 0.6) is 5.75 Å². The van der Waals surface area contributed by atoms with E-state index in [1.807, 2.05) is 0 Å². The van der Waals surface area contributed by atoms with E-state index in [1.165, 1.54) is 29.7 Å². The summed E-state index contributed by atoms with van der Waals surface area (Å²) in [6, 6.07) is 3.75. The van der Waals surface area contributed by atoms with Crippen LogP contribution in [0, 0.1) is 6.92 Å². The molecule has 0 saturated heterocycles. The summed E-state index contributed by atoms with van der Waals surface area (Å²) < 4.78 is 25.2. The molecule has 7 nitrogen and oxygen atoms in total. The van der Waals surface area contributed by atoms with Gasteiger partial charge < -0.3 is 15.0 Å². The summed E-state index contributed by atoms with van der Waals surface area (Å²) in [5, 5.41) is 14.0. The van der Waals surface area contributed by atoms with Crippen molar-refractivity contribution in [2.24, 2.45) is 0 Å². The third-order valence-corrected chi connectivity index (χ3v) is 6.13. The van der Waals surface area contributed by atoms with Gasteiger partial charge in [-0.2, -0.15) is 0 Å². The van der Waals surface area contributed by atoms with Crippen LogP contribution < -0.4 is 10.2 Å². The number of nitrogens with zero attached hydrogens (tertiary/aromatic N) is 1. The Labute approximate surface area is 143 Å². The second kappa shape index (κ2) is 7.18. The third-order valence-electron chi connectivity index (χ3n) is 3.52. The monoisotopic (exact) mass is 370 g/mol. The van der Waals surface area contributed by atoms with Crippen LogP contribution in [0.1, 0.15) is 19.0 Å². The predicted molar refractivity (Wildman–Crippen MR) is 92.4 cm³/mol. The highest BCUT2D eigenvalue weighted by molar-refractivity contribution is 7.91. The van der Waals surface area contributed by atoms with E-state index in [-0.39, 0.29) is 39.9 Å². The summed E-state index contributed by atoms with van der Waals surface area (Å²) in [4.78, 5) is 23.5. The van der Waals surface area contributed by atoms with Gasteiger partial charge in [-0.05, 0) is 25.1 Å². The maximum atomic E-state index is 12.0. The molecule has 0 atom stereocenters. The highest BCUT2D eigenvalue weighted by atomic mass is 32.2. The van der Waals surface area contributed by atoms with Crippen LogP contribution in [0.2, 0.25) is 0 Å². The quantitative estimate of drug-likeness (QED) is 0.754. The van der Waals surface area contributed by atoms with Gasteiger partial charge in [0.25, 0.3) is 0 Å². The number of amides is 1. The van der Waals surface area contributed by atoms with Gasteiger partial charge in [0, 0.05) is 24.0 Å². The van der Waals surface area contributed by atoms with Gasteiger partial charge in [0.2, 0.25) is 5.91 Å². The highest BCUT2D eigenvalue weighted by Gasteiger charge is 2.15. The fourth-order valence-electron chi connectivity index (χ4n) is 2.08. The van der Waals surface area contributed by atoms with Crippen molar-refractivity contribution in [1.29, 1.82) is 0 Å². The minimum absolute atomic E-state index is 0.0294. The maximum Gasteiger partial charge on any atom is 0.307 e. The van der Waals surface area contributed by atoms with Gasteiger partial charge in [0.15, 0.2) is 9.84 Å². The van der Waals surface area contributed by atoms with Crippen molar-refractivity contribution < 1.29 is 18.3 Å². The van der Waals surface area contributed by atoms with Crippen molar-refractivity contribution in [2.45, 2.75) is 31.7 Å². The number of nitrogens with one attached hydrogen (secondary N) is 1. The first-order valence-corrected chi connectivity index (χ1v) is 9.78. The fraction of sp³-hybridized carbons (Fsp3) is 0.333. The molecule has 0 aliphatic carbocycles. The zero-order chi connectivity index (χ0) is 17.9. The largest absolute Gasteiger partial charge is 0.506 e. The smallest absolute Gasteiger partial charge is 0.307 e. The van der Waals surface area contributed by atoms with Crippen LogP contribution in [-0.2, 0) is 21.2 Å². The first-order chi connectivity index (χ1) is 11.2. The Bertz CT molecular complexity index is 912. The average molecular weight is 370 g/mol. The second-order valence-corrected chi connectivity index (χ2v) is 8.27. The van der Waals surface area contributed by atoms with E-state index in [9.17, 15) is 23.1 Å².